The van der Waals surface area contributed by atoms with Crippen molar-refractivity contribution in [1.82, 2.24) is 0 Å². The van der Waals surface area contributed by atoms with Crippen LogP contribution in [0, 0.1) is 28.6 Å². The fourth-order valence-corrected chi connectivity index (χ4v) is 5.88. The van der Waals surface area contributed by atoms with Gasteiger partial charge < -0.3 is 5.11 Å². The summed E-state index contributed by atoms with van der Waals surface area (Å²) in [7, 11) is 0. The number of fused-ring (bicyclic) bond motifs is 5. The van der Waals surface area contributed by atoms with Crippen LogP contribution in [0.1, 0.15) is 46.0 Å². The minimum atomic E-state index is -0.422. The van der Waals surface area contributed by atoms with E-state index in [2.05, 4.69) is 13.8 Å². The number of aliphatic hydroxyl groups excluding tert-OH is 1. The first-order valence-corrected chi connectivity index (χ1v) is 8.52. The van der Waals surface area contributed by atoms with Crippen LogP contribution >= 0.6 is 0 Å². The molecule has 0 aromatic carbocycles. The van der Waals surface area contributed by atoms with Crippen LogP contribution in [-0.4, -0.2) is 22.8 Å². The highest BCUT2D eigenvalue weighted by atomic mass is 16.3. The van der Waals surface area contributed by atoms with Crippen molar-refractivity contribution < 1.29 is 14.7 Å². The Morgan fingerprint density at radius 1 is 1.14 bits per heavy atom. The largest absolute Gasteiger partial charge is 0.389 e. The van der Waals surface area contributed by atoms with Crippen molar-refractivity contribution in [3.8, 4) is 0 Å². The molecule has 1 N–H and O–H groups in total. The second-order valence-electron chi connectivity index (χ2n) is 8.21. The molecule has 22 heavy (non-hydrogen) atoms. The number of hydrogen-bond acceptors (Lipinski definition) is 3. The van der Waals surface area contributed by atoms with Crippen LogP contribution in [0.3, 0.4) is 0 Å². The van der Waals surface area contributed by atoms with Crippen molar-refractivity contribution in [2.75, 3.05) is 0 Å². The third-order valence-corrected chi connectivity index (χ3v) is 7.21. The molecule has 4 aliphatic rings. The summed E-state index contributed by atoms with van der Waals surface area (Å²) in [6, 6.07) is 0. The van der Waals surface area contributed by atoms with Crippen LogP contribution in [0.2, 0.25) is 0 Å². The predicted molar refractivity (Wildman–Crippen MR) is 83.0 cm³/mol. The lowest BCUT2D eigenvalue weighted by Gasteiger charge is -2.54. The lowest BCUT2D eigenvalue weighted by Crippen LogP contribution is -2.53. The van der Waals surface area contributed by atoms with Gasteiger partial charge in [-0.05, 0) is 54.6 Å². The van der Waals surface area contributed by atoms with Crippen molar-refractivity contribution in [1.29, 1.82) is 0 Å². The third-order valence-electron chi connectivity index (χ3n) is 7.21. The van der Waals surface area contributed by atoms with E-state index in [1.165, 1.54) is 0 Å². The van der Waals surface area contributed by atoms with Gasteiger partial charge in [-0.25, -0.2) is 0 Å². The van der Waals surface area contributed by atoms with E-state index in [4.69, 9.17) is 0 Å². The molecule has 0 bridgehead atoms. The molecule has 0 unspecified atom stereocenters. The summed E-state index contributed by atoms with van der Waals surface area (Å²) in [5.74, 6) is 1.00. The van der Waals surface area contributed by atoms with E-state index in [9.17, 15) is 14.7 Å². The molecule has 0 amide bonds. The molecule has 2 fully saturated rings. The van der Waals surface area contributed by atoms with Crippen molar-refractivity contribution in [3.63, 3.8) is 0 Å². The Kier molecular flexibility index (Phi) is 2.88. The summed E-state index contributed by atoms with van der Waals surface area (Å²) in [5.41, 5.74) is 0.665. The fraction of sp³-hybridized carbons (Fsp3) is 0.684. The number of ketones is 2. The molecule has 4 aliphatic carbocycles. The molecular weight excluding hydrogens is 276 g/mol. The van der Waals surface area contributed by atoms with Crippen LogP contribution in [0.5, 0.6) is 0 Å². The Balaban J connectivity index is 1.80. The minimum Gasteiger partial charge on any atom is -0.389 e. The van der Waals surface area contributed by atoms with Gasteiger partial charge >= 0.3 is 0 Å². The zero-order valence-electron chi connectivity index (χ0n) is 13.3. The summed E-state index contributed by atoms with van der Waals surface area (Å²) < 4.78 is 0. The van der Waals surface area contributed by atoms with E-state index in [-0.39, 0.29) is 34.4 Å². The summed E-state index contributed by atoms with van der Waals surface area (Å²) in [6.07, 6.45) is 9.13. The average molecular weight is 300 g/mol. The van der Waals surface area contributed by atoms with E-state index < -0.39 is 6.10 Å². The van der Waals surface area contributed by atoms with Crippen LogP contribution in [-0.2, 0) is 9.59 Å². The fourth-order valence-electron chi connectivity index (χ4n) is 5.88. The number of carbonyl (C=O) groups is 2. The maximum absolute atomic E-state index is 12.8. The van der Waals surface area contributed by atoms with Gasteiger partial charge in [0.2, 0.25) is 0 Å². The first kappa shape index (κ1) is 14.4. The molecule has 0 saturated heterocycles. The summed E-state index contributed by atoms with van der Waals surface area (Å²) in [5, 5.41) is 10.1. The Morgan fingerprint density at radius 2 is 1.86 bits per heavy atom. The van der Waals surface area contributed by atoms with Gasteiger partial charge in [0, 0.05) is 17.8 Å². The number of allylic oxidation sites excluding steroid dienone is 3. The van der Waals surface area contributed by atoms with Gasteiger partial charge in [0.25, 0.3) is 0 Å². The monoisotopic (exact) mass is 300 g/mol. The van der Waals surface area contributed by atoms with Gasteiger partial charge in [-0.1, -0.05) is 26.0 Å². The highest BCUT2D eigenvalue weighted by molar-refractivity contribution is 5.97. The smallest absolute Gasteiger partial charge is 0.159 e. The topological polar surface area (TPSA) is 54.4 Å². The van der Waals surface area contributed by atoms with Crippen LogP contribution in [0.15, 0.2) is 23.8 Å². The SMILES string of the molecule is C[C@]12C[C@@H](O)C=CC1=CC(=O)[C@@H]1[C@@H]2CC[C@]2(C)C(=O)CC[C@@H]12. The number of aliphatic hydroxyl groups is 1. The first-order valence-electron chi connectivity index (χ1n) is 8.52. The third kappa shape index (κ3) is 1.66. The number of hydrogen-bond donors (Lipinski definition) is 1. The molecule has 0 aromatic rings. The molecule has 4 rings (SSSR count). The molecule has 0 aromatic heterocycles. The number of rotatable bonds is 0. The molecule has 0 radical (unpaired) electrons. The number of Topliss-reactive ketones (excluding diaryl/α,β-unsaturated/α-hetero) is 1. The quantitative estimate of drug-likeness (QED) is 0.748. The van der Waals surface area contributed by atoms with Crippen molar-refractivity contribution in [2.24, 2.45) is 28.6 Å². The maximum atomic E-state index is 12.8. The van der Waals surface area contributed by atoms with Gasteiger partial charge in [0.15, 0.2) is 5.78 Å². The summed E-state index contributed by atoms with van der Waals surface area (Å²) >= 11 is 0. The summed E-state index contributed by atoms with van der Waals surface area (Å²) in [6.45, 7) is 4.28. The normalized spacial score (nSPS) is 50.2. The lowest BCUT2D eigenvalue weighted by atomic mass is 9.48. The minimum absolute atomic E-state index is 0.0300. The molecule has 3 nitrogen and oxygen atoms in total. The molecule has 0 heterocycles. The van der Waals surface area contributed by atoms with E-state index in [1.807, 2.05) is 6.08 Å². The Labute approximate surface area is 131 Å². The molecule has 6 atom stereocenters. The van der Waals surface area contributed by atoms with Crippen LogP contribution in [0.25, 0.3) is 0 Å². The second-order valence-corrected chi connectivity index (χ2v) is 8.21. The van der Waals surface area contributed by atoms with Crippen LogP contribution in [0.4, 0.5) is 0 Å². The van der Waals surface area contributed by atoms with E-state index >= 15 is 0 Å². The van der Waals surface area contributed by atoms with E-state index in [1.54, 1.807) is 12.2 Å². The molecule has 0 spiro atoms. The second kappa shape index (κ2) is 4.41. The van der Waals surface area contributed by atoms with Gasteiger partial charge in [-0.3, -0.25) is 9.59 Å². The zero-order valence-corrected chi connectivity index (χ0v) is 13.3. The Morgan fingerprint density at radius 3 is 2.64 bits per heavy atom. The average Bonchev–Trinajstić information content (AvgIpc) is 2.76. The van der Waals surface area contributed by atoms with Crippen LogP contribution < -0.4 is 0 Å². The van der Waals surface area contributed by atoms with Gasteiger partial charge in [0.05, 0.1) is 6.10 Å². The predicted octanol–water partition coefficient (Wildman–Crippen LogP) is 2.83. The van der Waals surface area contributed by atoms with Crippen molar-refractivity contribution in [2.45, 2.75) is 52.1 Å². The van der Waals surface area contributed by atoms with Crippen molar-refractivity contribution in [3.05, 3.63) is 23.8 Å². The molecule has 2 saturated carbocycles. The van der Waals surface area contributed by atoms with Gasteiger partial charge in [0.1, 0.15) is 5.78 Å². The van der Waals surface area contributed by atoms with Crippen molar-refractivity contribution >= 4 is 11.6 Å². The van der Waals surface area contributed by atoms with Gasteiger partial charge in [-0.15, -0.1) is 0 Å². The first-order chi connectivity index (χ1) is 10.4. The van der Waals surface area contributed by atoms with E-state index in [0.29, 0.717) is 18.6 Å². The Bertz CT molecular complexity index is 616. The molecular formula is C19H24O3. The lowest BCUT2D eigenvalue weighted by molar-refractivity contribution is -0.139. The summed E-state index contributed by atoms with van der Waals surface area (Å²) in [4.78, 5) is 25.2. The Hall–Kier alpha value is -1.22. The van der Waals surface area contributed by atoms with Gasteiger partial charge in [-0.2, -0.15) is 0 Å². The molecule has 0 aliphatic heterocycles. The maximum Gasteiger partial charge on any atom is 0.159 e. The molecule has 3 heteroatoms. The molecule has 118 valence electrons. The highest BCUT2D eigenvalue weighted by Crippen LogP contribution is 2.62. The number of carbonyl (C=O) groups excluding carboxylic acids is 2. The zero-order chi connectivity index (χ0) is 15.7. The standard InChI is InChI=1S/C19H24O3/c1-18-8-7-14-17(13(18)5-6-16(18)22)15(21)9-11-3-4-12(20)10-19(11,14)2/h3-4,9,12-14,17,20H,5-8,10H2,1-2H3/t12-,13-,14-,17-,18-,19-/m0/s1. The van der Waals surface area contributed by atoms with E-state index in [0.717, 1.165) is 24.8 Å². The highest BCUT2D eigenvalue weighted by Gasteiger charge is 2.60.